The standard InChI is InChI=1S/C10H20N2O2/c1-7(6-13)12-10(14)8-4-2-3-5-9(8)11/h7-9,13H,2-6,11H2,1H3,(H,12,14). The Labute approximate surface area is 84.9 Å². The molecule has 0 aromatic rings. The predicted molar refractivity (Wildman–Crippen MR) is 54.6 cm³/mol. The van der Waals surface area contributed by atoms with Gasteiger partial charge in [0.1, 0.15) is 0 Å². The Morgan fingerprint density at radius 2 is 2.21 bits per heavy atom. The highest BCUT2D eigenvalue weighted by molar-refractivity contribution is 5.79. The number of rotatable bonds is 3. The van der Waals surface area contributed by atoms with Gasteiger partial charge in [0.05, 0.1) is 12.5 Å². The number of aliphatic hydroxyl groups is 1. The van der Waals surface area contributed by atoms with Crippen molar-refractivity contribution in [3.63, 3.8) is 0 Å². The lowest BCUT2D eigenvalue weighted by molar-refractivity contribution is -0.127. The first-order chi connectivity index (χ1) is 6.65. The van der Waals surface area contributed by atoms with Gasteiger partial charge in [0, 0.05) is 12.1 Å². The van der Waals surface area contributed by atoms with Crippen molar-refractivity contribution >= 4 is 5.91 Å². The van der Waals surface area contributed by atoms with E-state index in [1.807, 2.05) is 0 Å². The zero-order valence-electron chi connectivity index (χ0n) is 8.70. The Hall–Kier alpha value is -0.610. The average molecular weight is 200 g/mol. The van der Waals surface area contributed by atoms with Gasteiger partial charge in [0.25, 0.3) is 0 Å². The Morgan fingerprint density at radius 3 is 2.79 bits per heavy atom. The molecule has 0 bridgehead atoms. The van der Waals surface area contributed by atoms with Crippen LogP contribution in [-0.2, 0) is 4.79 Å². The molecule has 82 valence electrons. The summed E-state index contributed by atoms with van der Waals surface area (Å²) >= 11 is 0. The number of nitrogens with one attached hydrogen (secondary N) is 1. The topological polar surface area (TPSA) is 75.3 Å². The molecule has 1 rings (SSSR count). The zero-order valence-corrected chi connectivity index (χ0v) is 8.70. The molecule has 1 aliphatic rings. The summed E-state index contributed by atoms with van der Waals surface area (Å²) in [6.07, 6.45) is 4.02. The third-order valence-corrected chi connectivity index (χ3v) is 2.82. The first kappa shape index (κ1) is 11.5. The van der Waals surface area contributed by atoms with E-state index in [1.165, 1.54) is 0 Å². The highest BCUT2D eigenvalue weighted by Crippen LogP contribution is 2.22. The number of hydrogen-bond acceptors (Lipinski definition) is 3. The van der Waals surface area contributed by atoms with Crippen molar-refractivity contribution < 1.29 is 9.90 Å². The van der Waals surface area contributed by atoms with Crippen molar-refractivity contribution in [2.45, 2.75) is 44.7 Å². The van der Waals surface area contributed by atoms with Crippen LogP contribution >= 0.6 is 0 Å². The van der Waals surface area contributed by atoms with Crippen LogP contribution in [0.1, 0.15) is 32.6 Å². The smallest absolute Gasteiger partial charge is 0.224 e. The lowest BCUT2D eigenvalue weighted by Gasteiger charge is -2.28. The molecule has 0 radical (unpaired) electrons. The van der Waals surface area contributed by atoms with Crippen LogP contribution in [0.4, 0.5) is 0 Å². The summed E-state index contributed by atoms with van der Waals surface area (Å²) < 4.78 is 0. The minimum atomic E-state index is -0.170. The third-order valence-electron chi connectivity index (χ3n) is 2.82. The van der Waals surface area contributed by atoms with E-state index in [4.69, 9.17) is 10.8 Å². The van der Waals surface area contributed by atoms with Gasteiger partial charge in [-0.3, -0.25) is 4.79 Å². The first-order valence-corrected chi connectivity index (χ1v) is 5.32. The summed E-state index contributed by atoms with van der Waals surface area (Å²) in [5.74, 6) is -0.0588. The quantitative estimate of drug-likeness (QED) is 0.600. The van der Waals surface area contributed by atoms with Gasteiger partial charge in [-0.15, -0.1) is 0 Å². The van der Waals surface area contributed by atoms with Gasteiger partial charge in [-0.1, -0.05) is 12.8 Å². The molecule has 0 aromatic carbocycles. The fourth-order valence-corrected chi connectivity index (χ4v) is 1.88. The Kier molecular flexibility index (Phi) is 4.35. The largest absolute Gasteiger partial charge is 0.394 e. The molecule has 4 nitrogen and oxygen atoms in total. The van der Waals surface area contributed by atoms with Gasteiger partial charge in [-0.05, 0) is 19.8 Å². The van der Waals surface area contributed by atoms with Crippen LogP contribution in [0.2, 0.25) is 0 Å². The molecule has 0 aromatic heterocycles. The first-order valence-electron chi connectivity index (χ1n) is 5.32. The predicted octanol–water partition coefficient (Wildman–Crippen LogP) is 0.000900. The summed E-state index contributed by atoms with van der Waals surface area (Å²) in [6.45, 7) is 1.76. The molecule has 0 aliphatic heterocycles. The van der Waals surface area contributed by atoms with E-state index in [2.05, 4.69) is 5.32 Å². The highest BCUT2D eigenvalue weighted by atomic mass is 16.3. The third kappa shape index (κ3) is 2.96. The molecule has 4 heteroatoms. The van der Waals surface area contributed by atoms with E-state index < -0.39 is 0 Å². The molecular formula is C10H20N2O2. The van der Waals surface area contributed by atoms with Crippen LogP contribution < -0.4 is 11.1 Å². The van der Waals surface area contributed by atoms with E-state index in [-0.39, 0.29) is 30.5 Å². The molecule has 3 atom stereocenters. The van der Waals surface area contributed by atoms with Gasteiger partial charge in [0.2, 0.25) is 5.91 Å². The minimum Gasteiger partial charge on any atom is -0.394 e. The molecule has 4 N–H and O–H groups in total. The number of hydrogen-bond donors (Lipinski definition) is 3. The summed E-state index contributed by atoms with van der Waals surface area (Å²) in [5.41, 5.74) is 5.87. The van der Waals surface area contributed by atoms with Gasteiger partial charge < -0.3 is 16.2 Å². The van der Waals surface area contributed by atoms with Gasteiger partial charge in [-0.25, -0.2) is 0 Å². The molecule has 1 amide bonds. The maximum absolute atomic E-state index is 11.7. The van der Waals surface area contributed by atoms with Crippen LogP contribution in [0.5, 0.6) is 0 Å². The number of aliphatic hydroxyl groups excluding tert-OH is 1. The molecule has 1 fully saturated rings. The molecule has 0 heterocycles. The normalized spacial score (nSPS) is 29.6. The molecule has 0 saturated heterocycles. The Bertz CT molecular complexity index is 197. The monoisotopic (exact) mass is 200 g/mol. The van der Waals surface area contributed by atoms with E-state index in [0.717, 1.165) is 25.7 Å². The summed E-state index contributed by atoms with van der Waals surface area (Å²) in [6, 6.07) is -0.175. The minimum absolute atomic E-state index is 0.00116. The molecule has 14 heavy (non-hydrogen) atoms. The summed E-state index contributed by atoms with van der Waals surface area (Å²) in [7, 11) is 0. The van der Waals surface area contributed by atoms with E-state index >= 15 is 0 Å². The van der Waals surface area contributed by atoms with Crippen LogP contribution in [0.25, 0.3) is 0 Å². The van der Waals surface area contributed by atoms with E-state index in [1.54, 1.807) is 6.92 Å². The number of nitrogens with two attached hydrogens (primary N) is 1. The van der Waals surface area contributed by atoms with Crippen LogP contribution in [-0.4, -0.2) is 29.7 Å². The van der Waals surface area contributed by atoms with E-state index in [9.17, 15) is 4.79 Å². The van der Waals surface area contributed by atoms with Crippen molar-refractivity contribution in [2.75, 3.05) is 6.61 Å². The van der Waals surface area contributed by atoms with E-state index in [0.29, 0.717) is 0 Å². The summed E-state index contributed by atoms with van der Waals surface area (Å²) in [5, 5.41) is 11.6. The second kappa shape index (κ2) is 5.32. The number of carbonyl (C=O) groups is 1. The van der Waals surface area contributed by atoms with Crippen LogP contribution in [0.3, 0.4) is 0 Å². The molecule has 1 saturated carbocycles. The second-order valence-electron chi connectivity index (χ2n) is 4.15. The fraction of sp³-hybridized carbons (Fsp3) is 0.900. The Morgan fingerprint density at radius 1 is 1.57 bits per heavy atom. The van der Waals surface area contributed by atoms with Gasteiger partial charge >= 0.3 is 0 Å². The van der Waals surface area contributed by atoms with Gasteiger partial charge in [0.15, 0.2) is 0 Å². The zero-order chi connectivity index (χ0) is 10.6. The number of carbonyl (C=O) groups excluding carboxylic acids is 1. The molecular weight excluding hydrogens is 180 g/mol. The fourth-order valence-electron chi connectivity index (χ4n) is 1.88. The molecule has 3 unspecified atom stereocenters. The maximum atomic E-state index is 11.7. The average Bonchev–Trinajstić information content (AvgIpc) is 2.18. The lowest BCUT2D eigenvalue weighted by Crippen LogP contribution is -2.47. The number of amides is 1. The maximum Gasteiger partial charge on any atom is 0.224 e. The lowest BCUT2D eigenvalue weighted by atomic mass is 9.84. The van der Waals surface area contributed by atoms with Crippen molar-refractivity contribution in [1.29, 1.82) is 0 Å². The van der Waals surface area contributed by atoms with Crippen LogP contribution in [0, 0.1) is 5.92 Å². The van der Waals surface area contributed by atoms with Crippen molar-refractivity contribution in [1.82, 2.24) is 5.32 Å². The highest BCUT2D eigenvalue weighted by Gasteiger charge is 2.28. The van der Waals surface area contributed by atoms with Crippen molar-refractivity contribution in [3.05, 3.63) is 0 Å². The van der Waals surface area contributed by atoms with Crippen LogP contribution in [0.15, 0.2) is 0 Å². The summed E-state index contributed by atoms with van der Waals surface area (Å²) in [4.78, 5) is 11.7. The van der Waals surface area contributed by atoms with Crippen molar-refractivity contribution in [3.8, 4) is 0 Å². The SMILES string of the molecule is CC(CO)NC(=O)C1CCCCC1N. The molecule has 0 spiro atoms. The van der Waals surface area contributed by atoms with Gasteiger partial charge in [-0.2, -0.15) is 0 Å². The Balaban J connectivity index is 2.42. The second-order valence-corrected chi connectivity index (χ2v) is 4.15. The molecule has 1 aliphatic carbocycles. The van der Waals surface area contributed by atoms with Crippen molar-refractivity contribution in [2.24, 2.45) is 11.7 Å².